The van der Waals surface area contributed by atoms with Crippen LogP contribution in [-0.2, 0) is 9.53 Å². The fourth-order valence-corrected chi connectivity index (χ4v) is 4.04. The molecule has 1 aliphatic rings. The van der Waals surface area contributed by atoms with Crippen LogP contribution in [0.1, 0.15) is 71.3 Å². The summed E-state index contributed by atoms with van der Waals surface area (Å²) in [5.41, 5.74) is 5.88. The fraction of sp³-hybridized carbons (Fsp3) is 0.636. The summed E-state index contributed by atoms with van der Waals surface area (Å²) in [5, 5.41) is 3.05. The maximum Gasteiger partial charge on any atom is 0.339 e. The Kier molecular flexibility index (Phi) is 6.48. The van der Waals surface area contributed by atoms with Gasteiger partial charge in [-0.05, 0) is 80.7 Å². The number of amides is 1. The molecule has 1 fully saturated rings. The first kappa shape index (κ1) is 20.5. The van der Waals surface area contributed by atoms with E-state index in [9.17, 15) is 9.59 Å². The van der Waals surface area contributed by atoms with Crippen LogP contribution in [0.3, 0.4) is 0 Å². The van der Waals surface area contributed by atoms with Gasteiger partial charge in [-0.3, -0.25) is 4.79 Å². The molecule has 26 heavy (non-hydrogen) atoms. The lowest BCUT2D eigenvalue weighted by Gasteiger charge is -2.34. The summed E-state index contributed by atoms with van der Waals surface area (Å²) in [6.45, 7) is 14.2. The van der Waals surface area contributed by atoms with Gasteiger partial charge in [0.1, 0.15) is 0 Å². The van der Waals surface area contributed by atoms with Gasteiger partial charge < -0.3 is 10.1 Å². The van der Waals surface area contributed by atoms with Crippen LogP contribution in [-0.4, -0.2) is 24.5 Å². The van der Waals surface area contributed by atoms with E-state index in [1.807, 2.05) is 27.7 Å². The minimum atomic E-state index is -0.411. The van der Waals surface area contributed by atoms with Crippen molar-refractivity contribution < 1.29 is 14.3 Å². The number of rotatable bonds is 4. The third kappa shape index (κ3) is 4.11. The smallest absolute Gasteiger partial charge is 0.339 e. The van der Waals surface area contributed by atoms with Gasteiger partial charge in [0.2, 0.25) is 0 Å². The van der Waals surface area contributed by atoms with Crippen molar-refractivity contribution in [3.8, 4) is 0 Å². The van der Waals surface area contributed by atoms with E-state index in [0.717, 1.165) is 35.1 Å². The molecule has 0 aromatic heterocycles. The molecule has 1 saturated carbocycles. The maximum absolute atomic E-state index is 12.6. The molecule has 2 rings (SSSR count). The second-order valence-electron chi connectivity index (χ2n) is 8.02. The summed E-state index contributed by atoms with van der Waals surface area (Å²) in [5.74, 6) is 0.447. The van der Waals surface area contributed by atoms with Gasteiger partial charge >= 0.3 is 5.97 Å². The topological polar surface area (TPSA) is 55.4 Å². The Balaban J connectivity index is 2.02. The van der Waals surface area contributed by atoms with E-state index in [1.165, 1.54) is 12.0 Å². The van der Waals surface area contributed by atoms with Gasteiger partial charge in [0.25, 0.3) is 5.91 Å². The van der Waals surface area contributed by atoms with Gasteiger partial charge in [-0.2, -0.15) is 0 Å². The molecule has 0 radical (unpaired) electrons. The Morgan fingerprint density at radius 1 is 0.923 bits per heavy atom. The van der Waals surface area contributed by atoms with Gasteiger partial charge in [-0.1, -0.05) is 26.7 Å². The summed E-state index contributed by atoms with van der Waals surface area (Å²) < 4.78 is 5.35. The van der Waals surface area contributed by atoms with Crippen LogP contribution in [0.4, 0.5) is 0 Å². The van der Waals surface area contributed by atoms with Gasteiger partial charge in [0, 0.05) is 6.04 Å². The molecule has 0 bridgehead atoms. The first-order valence-corrected chi connectivity index (χ1v) is 9.68. The fourth-order valence-electron chi connectivity index (χ4n) is 4.04. The Morgan fingerprint density at radius 2 is 1.46 bits per heavy atom. The lowest BCUT2D eigenvalue weighted by molar-refractivity contribution is -0.125. The molecule has 0 unspecified atom stereocenters. The highest BCUT2D eigenvalue weighted by Gasteiger charge is 2.28. The highest BCUT2D eigenvalue weighted by molar-refractivity contribution is 5.95. The molecule has 1 N–H and O–H groups in total. The van der Waals surface area contributed by atoms with Crippen LogP contribution >= 0.6 is 0 Å². The molecule has 0 heterocycles. The normalized spacial score (nSPS) is 22.8. The van der Waals surface area contributed by atoms with E-state index in [1.54, 1.807) is 0 Å². The molecule has 1 aliphatic carbocycles. The molecule has 4 heteroatoms. The Morgan fingerprint density at radius 3 is 2.04 bits per heavy atom. The van der Waals surface area contributed by atoms with E-state index in [0.29, 0.717) is 17.4 Å². The summed E-state index contributed by atoms with van der Waals surface area (Å²) in [6, 6.07) is 0.178. The van der Waals surface area contributed by atoms with Crippen molar-refractivity contribution >= 4 is 11.9 Å². The van der Waals surface area contributed by atoms with Gasteiger partial charge in [-0.25, -0.2) is 4.79 Å². The average molecular weight is 360 g/mol. The van der Waals surface area contributed by atoms with Gasteiger partial charge in [-0.15, -0.1) is 0 Å². The zero-order valence-corrected chi connectivity index (χ0v) is 17.3. The quantitative estimate of drug-likeness (QED) is 0.814. The maximum atomic E-state index is 12.6. The molecule has 3 atom stereocenters. The van der Waals surface area contributed by atoms with Crippen LogP contribution in [0.25, 0.3) is 0 Å². The Hall–Kier alpha value is -1.84. The first-order valence-electron chi connectivity index (χ1n) is 9.68. The minimum absolute atomic E-state index is 0.178. The largest absolute Gasteiger partial charge is 0.452 e. The van der Waals surface area contributed by atoms with Crippen molar-refractivity contribution in [2.75, 3.05) is 6.61 Å². The molecule has 0 saturated heterocycles. The van der Waals surface area contributed by atoms with Crippen molar-refractivity contribution in [1.82, 2.24) is 5.32 Å². The second kappa shape index (κ2) is 8.24. The predicted molar refractivity (Wildman–Crippen MR) is 105 cm³/mol. The molecule has 1 aromatic rings. The summed E-state index contributed by atoms with van der Waals surface area (Å²) in [7, 11) is 0. The van der Waals surface area contributed by atoms with Crippen LogP contribution in [0.2, 0.25) is 0 Å². The number of nitrogens with one attached hydrogen (secondary N) is 1. The highest BCUT2D eigenvalue weighted by atomic mass is 16.5. The molecule has 4 nitrogen and oxygen atoms in total. The number of benzene rings is 1. The van der Waals surface area contributed by atoms with Crippen molar-refractivity contribution in [2.45, 2.75) is 73.8 Å². The minimum Gasteiger partial charge on any atom is -0.452 e. The number of carbonyl (C=O) groups is 2. The molecular formula is C22H33NO3. The summed E-state index contributed by atoms with van der Waals surface area (Å²) >= 11 is 0. The average Bonchev–Trinajstić information content (AvgIpc) is 2.60. The van der Waals surface area contributed by atoms with Crippen molar-refractivity contribution in [2.24, 2.45) is 11.8 Å². The third-order valence-electron chi connectivity index (χ3n) is 6.59. The van der Waals surface area contributed by atoms with E-state index in [4.69, 9.17) is 4.74 Å². The molecule has 1 aromatic carbocycles. The highest BCUT2D eigenvalue weighted by Crippen LogP contribution is 2.29. The van der Waals surface area contributed by atoms with E-state index in [2.05, 4.69) is 26.1 Å². The summed E-state index contributed by atoms with van der Waals surface area (Å²) in [6.07, 6.45) is 3.35. The number of hydrogen-bond donors (Lipinski definition) is 1. The van der Waals surface area contributed by atoms with E-state index in [-0.39, 0.29) is 18.6 Å². The zero-order valence-electron chi connectivity index (χ0n) is 17.3. The standard InChI is InChI=1S/C22H33NO3/c1-12-9-8-10-19(13(12)2)23-20(24)11-26-22(25)21-17(6)15(4)14(3)16(5)18(21)7/h12-13,19H,8-11H2,1-7H3,(H,23,24)/t12-,13-,19+/m0/s1. The van der Waals surface area contributed by atoms with Crippen LogP contribution in [0, 0.1) is 46.5 Å². The first-order chi connectivity index (χ1) is 12.1. The van der Waals surface area contributed by atoms with Gasteiger partial charge in [0.15, 0.2) is 6.61 Å². The van der Waals surface area contributed by atoms with Crippen molar-refractivity contribution in [3.05, 3.63) is 33.4 Å². The van der Waals surface area contributed by atoms with Crippen LogP contribution in [0.15, 0.2) is 0 Å². The second-order valence-corrected chi connectivity index (χ2v) is 8.02. The van der Waals surface area contributed by atoms with Crippen molar-refractivity contribution in [1.29, 1.82) is 0 Å². The Labute approximate surface area is 157 Å². The van der Waals surface area contributed by atoms with Crippen LogP contribution < -0.4 is 5.32 Å². The third-order valence-corrected chi connectivity index (χ3v) is 6.59. The lowest BCUT2D eigenvalue weighted by atomic mass is 9.78. The molecule has 0 spiro atoms. The predicted octanol–water partition coefficient (Wildman–Crippen LogP) is 4.33. The van der Waals surface area contributed by atoms with E-state index < -0.39 is 5.97 Å². The molecular weight excluding hydrogens is 326 g/mol. The molecule has 144 valence electrons. The van der Waals surface area contributed by atoms with E-state index >= 15 is 0 Å². The Bertz CT molecular complexity index is 679. The van der Waals surface area contributed by atoms with Gasteiger partial charge in [0.05, 0.1) is 5.56 Å². The number of carbonyl (C=O) groups excluding carboxylic acids is 2. The number of ether oxygens (including phenoxy) is 1. The monoisotopic (exact) mass is 359 g/mol. The zero-order chi connectivity index (χ0) is 19.6. The number of hydrogen-bond acceptors (Lipinski definition) is 3. The lowest BCUT2D eigenvalue weighted by Crippen LogP contribution is -2.45. The summed E-state index contributed by atoms with van der Waals surface area (Å²) in [4.78, 5) is 24.9. The molecule has 0 aliphatic heterocycles. The van der Waals surface area contributed by atoms with Crippen LogP contribution in [0.5, 0.6) is 0 Å². The van der Waals surface area contributed by atoms with Crippen molar-refractivity contribution in [3.63, 3.8) is 0 Å². The number of esters is 1. The molecule has 1 amide bonds. The SMILES string of the molecule is Cc1c(C)c(C)c(C(=O)OCC(=O)N[C@@H]2CCC[C@H](C)[C@@H]2C)c(C)c1C.